The molecule has 1 amide bonds. The Kier molecular flexibility index (Phi) is 3.38. The first-order valence-electron chi connectivity index (χ1n) is 7.22. The average molecular weight is 277 g/mol. The largest absolute Gasteiger partial charge is 0.314 e. The summed E-state index contributed by atoms with van der Waals surface area (Å²) in [6.07, 6.45) is 4.89. The first kappa shape index (κ1) is 13.6. The SMILES string of the molecule is CN1C(=O)[C@@](C)(C/C=C/c2ccccc2)c2ccccc21. The van der Waals surface area contributed by atoms with Crippen LogP contribution in [0.25, 0.3) is 6.08 Å². The fourth-order valence-electron chi connectivity index (χ4n) is 3.02. The van der Waals surface area contributed by atoms with Gasteiger partial charge in [-0.25, -0.2) is 0 Å². The van der Waals surface area contributed by atoms with E-state index in [9.17, 15) is 4.79 Å². The van der Waals surface area contributed by atoms with Gasteiger partial charge in [0.25, 0.3) is 0 Å². The lowest BCUT2D eigenvalue weighted by molar-refractivity contribution is -0.122. The van der Waals surface area contributed by atoms with Crippen molar-refractivity contribution in [1.82, 2.24) is 0 Å². The Bertz CT molecular complexity index is 690. The number of rotatable bonds is 3. The molecule has 1 heterocycles. The van der Waals surface area contributed by atoms with E-state index in [4.69, 9.17) is 0 Å². The number of likely N-dealkylation sites (N-methyl/N-ethyl adjacent to an activating group) is 1. The van der Waals surface area contributed by atoms with Crippen molar-refractivity contribution >= 4 is 17.7 Å². The predicted octanol–water partition coefficient (Wildman–Crippen LogP) is 4.02. The molecule has 2 aromatic carbocycles. The zero-order chi connectivity index (χ0) is 14.9. The van der Waals surface area contributed by atoms with Crippen LogP contribution in [0.5, 0.6) is 0 Å². The van der Waals surface area contributed by atoms with E-state index in [0.29, 0.717) is 6.42 Å². The second-order valence-corrected chi connectivity index (χ2v) is 5.73. The van der Waals surface area contributed by atoms with Crippen LogP contribution in [0.2, 0.25) is 0 Å². The fourth-order valence-corrected chi connectivity index (χ4v) is 3.02. The highest BCUT2D eigenvalue weighted by molar-refractivity contribution is 6.07. The molecule has 2 aromatic rings. The first-order valence-corrected chi connectivity index (χ1v) is 7.22. The molecule has 2 heteroatoms. The van der Waals surface area contributed by atoms with E-state index >= 15 is 0 Å². The second kappa shape index (κ2) is 5.21. The van der Waals surface area contributed by atoms with Gasteiger partial charge in [0.2, 0.25) is 5.91 Å². The summed E-state index contributed by atoms with van der Waals surface area (Å²) in [4.78, 5) is 14.4. The van der Waals surface area contributed by atoms with E-state index < -0.39 is 5.41 Å². The second-order valence-electron chi connectivity index (χ2n) is 5.73. The molecule has 0 fully saturated rings. The third kappa shape index (κ3) is 2.27. The number of fused-ring (bicyclic) bond motifs is 1. The Morgan fingerprint density at radius 3 is 2.48 bits per heavy atom. The highest BCUT2D eigenvalue weighted by Gasteiger charge is 2.44. The van der Waals surface area contributed by atoms with Gasteiger partial charge in [0.15, 0.2) is 0 Å². The van der Waals surface area contributed by atoms with Crippen LogP contribution < -0.4 is 4.90 Å². The van der Waals surface area contributed by atoms with Crippen LogP contribution in [0.15, 0.2) is 60.7 Å². The summed E-state index contributed by atoms with van der Waals surface area (Å²) < 4.78 is 0. The molecule has 1 atom stereocenters. The number of nitrogens with zero attached hydrogens (tertiary/aromatic N) is 1. The van der Waals surface area contributed by atoms with Gasteiger partial charge in [-0.3, -0.25) is 4.79 Å². The van der Waals surface area contributed by atoms with Crippen LogP contribution in [-0.2, 0) is 10.2 Å². The average Bonchev–Trinajstić information content (AvgIpc) is 2.71. The van der Waals surface area contributed by atoms with E-state index in [1.54, 1.807) is 4.90 Å². The van der Waals surface area contributed by atoms with Gasteiger partial charge in [0.05, 0.1) is 5.41 Å². The lowest BCUT2D eigenvalue weighted by Crippen LogP contribution is -2.35. The van der Waals surface area contributed by atoms with Gasteiger partial charge in [-0.15, -0.1) is 0 Å². The number of hydrogen-bond acceptors (Lipinski definition) is 1. The van der Waals surface area contributed by atoms with Gasteiger partial charge in [0.1, 0.15) is 0 Å². The van der Waals surface area contributed by atoms with Gasteiger partial charge in [0, 0.05) is 12.7 Å². The number of allylic oxidation sites excluding steroid dienone is 1. The third-order valence-electron chi connectivity index (χ3n) is 4.27. The van der Waals surface area contributed by atoms with Crippen molar-refractivity contribution < 1.29 is 4.79 Å². The number of para-hydroxylation sites is 1. The van der Waals surface area contributed by atoms with Crippen LogP contribution in [0.4, 0.5) is 5.69 Å². The molecule has 0 N–H and O–H groups in total. The van der Waals surface area contributed by atoms with E-state index in [2.05, 4.69) is 30.4 Å². The van der Waals surface area contributed by atoms with Crippen LogP contribution >= 0.6 is 0 Å². The molecule has 0 bridgehead atoms. The van der Waals surface area contributed by atoms with Crippen molar-refractivity contribution in [2.75, 3.05) is 11.9 Å². The standard InChI is InChI=1S/C19H19NO/c1-19(14-8-11-15-9-4-3-5-10-15)16-12-6-7-13-17(16)20(2)18(19)21/h3-13H,14H2,1-2H3/b11-8+/t19-/m0/s1. The zero-order valence-electron chi connectivity index (χ0n) is 12.4. The topological polar surface area (TPSA) is 20.3 Å². The number of anilines is 1. The van der Waals surface area contributed by atoms with E-state index in [1.807, 2.05) is 50.4 Å². The zero-order valence-corrected chi connectivity index (χ0v) is 12.4. The molecule has 1 aliphatic heterocycles. The third-order valence-corrected chi connectivity index (χ3v) is 4.27. The summed E-state index contributed by atoms with van der Waals surface area (Å²) in [6, 6.07) is 18.2. The van der Waals surface area contributed by atoms with Crippen molar-refractivity contribution in [1.29, 1.82) is 0 Å². The molecular weight excluding hydrogens is 258 g/mol. The van der Waals surface area contributed by atoms with Crippen molar-refractivity contribution in [3.63, 3.8) is 0 Å². The van der Waals surface area contributed by atoms with E-state index in [-0.39, 0.29) is 5.91 Å². The molecule has 1 aliphatic rings. The molecule has 0 saturated carbocycles. The lowest BCUT2D eigenvalue weighted by atomic mass is 9.80. The predicted molar refractivity (Wildman–Crippen MR) is 87.3 cm³/mol. The molecule has 3 rings (SSSR count). The summed E-state index contributed by atoms with van der Waals surface area (Å²) >= 11 is 0. The Balaban J connectivity index is 1.88. The molecule has 0 unspecified atom stereocenters. The minimum atomic E-state index is -0.462. The molecule has 0 aromatic heterocycles. The first-order chi connectivity index (χ1) is 10.1. The van der Waals surface area contributed by atoms with E-state index in [1.165, 1.54) is 0 Å². The highest BCUT2D eigenvalue weighted by Crippen LogP contribution is 2.43. The molecule has 0 radical (unpaired) electrons. The van der Waals surface area contributed by atoms with Gasteiger partial charge in [-0.1, -0.05) is 60.7 Å². The van der Waals surface area contributed by atoms with Crippen LogP contribution in [0, 0.1) is 0 Å². The molecule has 106 valence electrons. The summed E-state index contributed by atoms with van der Waals surface area (Å²) in [6.45, 7) is 2.03. The van der Waals surface area contributed by atoms with Gasteiger partial charge in [-0.2, -0.15) is 0 Å². The van der Waals surface area contributed by atoms with Crippen LogP contribution in [0.1, 0.15) is 24.5 Å². The molecule has 0 saturated heterocycles. The maximum absolute atomic E-state index is 12.6. The van der Waals surface area contributed by atoms with Crippen molar-refractivity contribution in [2.24, 2.45) is 0 Å². The Morgan fingerprint density at radius 2 is 1.71 bits per heavy atom. The summed E-state index contributed by atoms with van der Waals surface area (Å²) in [5, 5.41) is 0. The van der Waals surface area contributed by atoms with Gasteiger partial charge in [-0.05, 0) is 30.5 Å². The number of benzene rings is 2. The van der Waals surface area contributed by atoms with Gasteiger partial charge < -0.3 is 4.90 Å². The van der Waals surface area contributed by atoms with Gasteiger partial charge >= 0.3 is 0 Å². The molecule has 2 nitrogen and oxygen atoms in total. The minimum absolute atomic E-state index is 0.168. The van der Waals surface area contributed by atoms with Crippen LogP contribution in [-0.4, -0.2) is 13.0 Å². The molecule has 0 spiro atoms. The fraction of sp³-hybridized carbons (Fsp3) is 0.211. The Hall–Kier alpha value is -2.35. The molecule has 21 heavy (non-hydrogen) atoms. The maximum atomic E-state index is 12.6. The maximum Gasteiger partial charge on any atom is 0.237 e. The summed E-state index contributed by atoms with van der Waals surface area (Å²) in [5.74, 6) is 0.168. The quantitative estimate of drug-likeness (QED) is 0.829. The highest BCUT2D eigenvalue weighted by atomic mass is 16.2. The van der Waals surface area contributed by atoms with Crippen molar-refractivity contribution in [3.05, 3.63) is 71.8 Å². The number of hydrogen-bond donors (Lipinski definition) is 0. The van der Waals surface area contributed by atoms with Crippen LogP contribution in [0.3, 0.4) is 0 Å². The Morgan fingerprint density at radius 1 is 1.05 bits per heavy atom. The Labute approximate surface area is 125 Å². The molecule has 0 aliphatic carbocycles. The van der Waals surface area contributed by atoms with E-state index in [0.717, 1.165) is 16.8 Å². The smallest absolute Gasteiger partial charge is 0.237 e. The summed E-state index contributed by atoms with van der Waals surface area (Å²) in [5.41, 5.74) is 2.85. The lowest BCUT2D eigenvalue weighted by Gasteiger charge is -2.21. The monoisotopic (exact) mass is 277 g/mol. The van der Waals surface area contributed by atoms with Crippen molar-refractivity contribution in [2.45, 2.75) is 18.8 Å². The number of carbonyl (C=O) groups excluding carboxylic acids is 1. The summed E-state index contributed by atoms with van der Waals surface area (Å²) in [7, 11) is 1.85. The number of amides is 1. The normalized spacial score (nSPS) is 21.0. The molecular formula is C19H19NO. The van der Waals surface area contributed by atoms with Crippen molar-refractivity contribution in [3.8, 4) is 0 Å². The minimum Gasteiger partial charge on any atom is -0.314 e. The number of carbonyl (C=O) groups is 1.